The molecule has 0 saturated heterocycles. The lowest BCUT2D eigenvalue weighted by Gasteiger charge is -2.21. The van der Waals surface area contributed by atoms with Crippen molar-refractivity contribution in [3.8, 4) is 11.1 Å². The molecule has 0 fully saturated rings. The number of carbonyl (C=O) groups is 3. The molecule has 1 unspecified atom stereocenters. The number of carboxylic acid groups (broad SMARTS) is 1. The van der Waals surface area contributed by atoms with Crippen molar-refractivity contribution in [3.63, 3.8) is 0 Å². The molecule has 1 aliphatic rings. The first kappa shape index (κ1) is 25.3. The maximum Gasteiger partial charge on any atom is 0.407 e. The van der Waals surface area contributed by atoms with Gasteiger partial charge in [-0.3, -0.25) is 9.59 Å². The van der Waals surface area contributed by atoms with Crippen LogP contribution in [0.1, 0.15) is 57.1 Å². The summed E-state index contributed by atoms with van der Waals surface area (Å²) in [6.07, 6.45) is 0.440. The summed E-state index contributed by atoms with van der Waals surface area (Å²) in [5.41, 5.74) is 4.54. The first-order chi connectivity index (χ1) is 16.3. The number of rotatable bonds is 11. The van der Waals surface area contributed by atoms with E-state index < -0.39 is 18.1 Å². The Labute approximate surface area is 200 Å². The summed E-state index contributed by atoms with van der Waals surface area (Å²) >= 11 is 0. The van der Waals surface area contributed by atoms with Crippen LogP contribution in [0.15, 0.2) is 48.5 Å². The molecule has 0 saturated carbocycles. The highest BCUT2D eigenvalue weighted by Gasteiger charge is 2.29. The fourth-order valence-electron chi connectivity index (χ4n) is 4.66. The molecule has 34 heavy (non-hydrogen) atoms. The Morgan fingerprint density at radius 3 is 2.12 bits per heavy atom. The van der Waals surface area contributed by atoms with Crippen LogP contribution in [0.25, 0.3) is 11.1 Å². The quantitative estimate of drug-likeness (QED) is 0.450. The van der Waals surface area contributed by atoms with E-state index in [4.69, 9.17) is 9.84 Å². The molecular weight excluding hydrogens is 432 g/mol. The number of amides is 2. The predicted molar refractivity (Wildman–Crippen MR) is 130 cm³/mol. The summed E-state index contributed by atoms with van der Waals surface area (Å²) in [4.78, 5) is 36.3. The number of aliphatic carboxylic acids is 1. The lowest BCUT2D eigenvalue weighted by molar-refractivity contribution is -0.138. The van der Waals surface area contributed by atoms with Crippen LogP contribution >= 0.6 is 0 Å². The van der Waals surface area contributed by atoms with Crippen molar-refractivity contribution >= 4 is 18.0 Å². The third kappa shape index (κ3) is 6.37. The van der Waals surface area contributed by atoms with Gasteiger partial charge in [0.15, 0.2) is 0 Å². The number of benzene rings is 2. The van der Waals surface area contributed by atoms with Gasteiger partial charge in [0.05, 0.1) is 0 Å². The Balaban J connectivity index is 1.55. The summed E-state index contributed by atoms with van der Waals surface area (Å²) in [6.45, 7) is 6.27. The highest BCUT2D eigenvalue weighted by molar-refractivity contribution is 5.85. The molecule has 0 radical (unpaired) electrons. The van der Waals surface area contributed by atoms with Crippen LogP contribution < -0.4 is 10.6 Å². The molecule has 0 heterocycles. The SMILES string of the molecule is CC[C@H](NC(=O)OCC1c2ccccc2-c2ccccc21)C(=O)NCC(CC(=O)O)CC(C)C. The smallest absolute Gasteiger partial charge is 0.407 e. The third-order valence-corrected chi connectivity index (χ3v) is 6.19. The average molecular weight is 467 g/mol. The van der Waals surface area contributed by atoms with E-state index >= 15 is 0 Å². The van der Waals surface area contributed by atoms with Gasteiger partial charge in [-0.05, 0) is 46.9 Å². The highest BCUT2D eigenvalue weighted by Crippen LogP contribution is 2.44. The fraction of sp³-hybridized carbons (Fsp3) is 0.444. The monoisotopic (exact) mass is 466 g/mol. The van der Waals surface area contributed by atoms with Gasteiger partial charge >= 0.3 is 12.1 Å². The molecule has 3 rings (SSSR count). The second kappa shape index (κ2) is 11.7. The van der Waals surface area contributed by atoms with E-state index in [1.54, 1.807) is 6.92 Å². The average Bonchev–Trinajstić information content (AvgIpc) is 3.12. The Morgan fingerprint density at radius 2 is 1.59 bits per heavy atom. The van der Waals surface area contributed by atoms with E-state index in [0.29, 0.717) is 18.8 Å². The summed E-state index contributed by atoms with van der Waals surface area (Å²) in [6, 6.07) is 15.4. The van der Waals surface area contributed by atoms with Gasteiger partial charge < -0.3 is 20.5 Å². The Hall–Kier alpha value is -3.35. The first-order valence-electron chi connectivity index (χ1n) is 11.9. The van der Waals surface area contributed by atoms with Crippen LogP contribution in [0, 0.1) is 11.8 Å². The van der Waals surface area contributed by atoms with E-state index in [2.05, 4.69) is 22.8 Å². The fourth-order valence-corrected chi connectivity index (χ4v) is 4.66. The van der Waals surface area contributed by atoms with E-state index in [9.17, 15) is 14.4 Å². The van der Waals surface area contributed by atoms with Crippen molar-refractivity contribution in [2.75, 3.05) is 13.2 Å². The number of carbonyl (C=O) groups excluding carboxylic acids is 2. The molecule has 0 bridgehead atoms. The molecular formula is C27H34N2O5. The normalized spacial score (nSPS) is 14.1. The van der Waals surface area contributed by atoms with Gasteiger partial charge in [-0.2, -0.15) is 0 Å². The molecule has 182 valence electrons. The molecule has 2 aromatic carbocycles. The number of alkyl carbamates (subject to hydrolysis) is 1. The summed E-state index contributed by atoms with van der Waals surface area (Å²) < 4.78 is 5.55. The minimum atomic E-state index is -0.885. The second-order valence-corrected chi connectivity index (χ2v) is 9.27. The van der Waals surface area contributed by atoms with Crippen molar-refractivity contribution < 1.29 is 24.2 Å². The van der Waals surface area contributed by atoms with Crippen LogP contribution in [0.2, 0.25) is 0 Å². The molecule has 2 amide bonds. The predicted octanol–water partition coefficient (Wildman–Crippen LogP) is 4.56. The van der Waals surface area contributed by atoms with Crippen LogP contribution in [0.5, 0.6) is 0 Å². The van der Waals surface area contributed by atoms with Crippen molar-refractivity contribution in [1.82, 2.24) is 10.6 Å². The van der Waals surface area contributed by atoms with Crippen molar-refractivity contribution in [2.24, 2.45) is 11.8 Å². The maximum atomic E-state index is 12.6. The van der Waals surface area contributed by atoms with Gasteiger partial charge in [0.2, 0.25) is 5.91 Å². The van der Waals surface area contributed by atoms with Gasteiger partial charge in [-0.25, -0.2) is 4.79 Å². The van der Waals surface area contributed by atoms with Crippen molar-refractivity contribution in [3.05, 3.63) is 59.7 Å². The zero-order valence-corrected chi connectivity index (χ0v) is 20.0. The van der Waals surface area contributed by atoms with Gasteiger partial charge in [0, 0.05) is 18.9 Å². The molecule has 3 N–H and O–H groups in total. The lowest BCUT2D eigenvalue weighted by Crippen LogP contribution is -2.47. The zero-order valence-electron chi connectivity index (χ0n) is 20.0. The highest BCUT2D eigenvalue weighted by atomic mass is 16.5. The number of carboxylic acids is 1. The zero-order chi connectivity index (χ0) is 24.7. The minimum Gasteiger partial charge on any atom is -0.481 e. The van der Waals surface area contributed by atoms with Gasteiger partial charge in [-0.15, -0.1) is 0 Å². The van der Waals surface area contributed by atoms with Crippen LogP contribution in [-0.2, 0) is 14.3 Å². The lowest BCUT2D eigenvalue weighted by atomic mass is 9.94. The summed E-state index contributed by atoms with van der Waals surface area (Å²) in [5.74, 6) is -1.12. The number of hydrogen-bond donors (Lipinski definition) is 3. The Bertz CT molecular complexity index is 974. The standard InChI is InChI=1S/C27H34N2O5/c1-4-24(26(32)28-15-18(13-17(2)3)14-25(30)31)29-27(33)34-16-23-21-11-7-5-9-19(21)20-10-6-8-12-22(20)23/h5-12,17-18,23-24H,4,13-16H2,1-3H3,(H,28,32)(H,29,33)(H,30,31)/t18?,24-/m0/s1. The molecule has 7 nitrogen and oxygen atoms in total. The number of hydrogen-bond acceptors (Lipinski definition) is 4. The van der Waals surface area contributed by atoms with E-state index in [1.165, 1.54) is 0 Å². The van der Waals surface area contributed by atoms with Crippen molar-refractivity contribution in [1.29, 1.82) is 0 Å². The van der Waals surface area contributed by atoms with Crippen molar-refractivity contribution in [2.45, 2.75) is 52.0 Å². The van der Waals surface area contributed by atoms with Crippen LogP contribution in [0.3, 0.4) is 0 Å². The minimum absolute atomic E-state index is 0.00490. The summed E-state index contributed by atoms with van der Waals surface area (Å²) in [7, 11) is 0. The van der Waals surface area contributed by atoms with Gasteiger partial charge in [0.1, 0.15) is 12.6 Å². The maximum absolute atomic E-state index is 12.6. The molecule has 0 spiro atoms. The Morgan fingerprint density at radius 1 is 1.00 bits per heavy atom. The molecule has 2 aromatic rings. The number of fused-ring (bicyclic) bond motifs is 3. The van der Waals surface area contributed by atoms with E-state index in [-0.39, 0.29) is 37.3 Å². The summed E-state index contributed by atoms with van der Waals surface area (Å²) in [5, 5.41) is 14.6. The molecule has 7 heteroatoms. The van der Waals surface area contributed by atoms with Crippen LogP contribution in [-0.4, -0.2) is 42.3 Å². The molecule has 1 aliphatic carbocycles. The van der Waals surface area contributed by atoms with Crippen LogP contribution in [0.4, 0.5) is 4.79 Å². The Kier molecular flexibility index (Phi) is 8.68. The number of nitrogens with one attached hydrogen (secondary N) is 2. The topological polar surface area (TPSA) is 105 Å². The van der Waals surface area contributed by atoms with Gasteiger partial charge in [-0.1, -0.05) is 69.3 Å². The molecule has 2 atom stereocenters. The number of ether oxygens (including phenoxy) is 1. The third-order valence-electron chi connectivity index (χ3n) is 6.19. The van der Waals surface area contributed by atoms with Gasteiger partial charge in [0.25, 0.3) is 0 Å². The second-order valence-electron chi connectivity index (χ2n) is 9.27. The molecule has 0 aromatic heterocycles. The molecule has 0 aliphatic heterocycles. The largest absolute Gasteiger partial charge is 0.481 e. The van der Waals surface area contributed by atoms with E-state index in [0.717, 1.165) is 22.3 Å². The van der Waals surface area contributed by atoms with E-state index in [1.807, 2.05) is 50.2 Å². The first-order valence-corrected chi connectivity index (χ1v) is 11.9.